The van der Waals surface area contributed by atoms with Gasteiger partial charge < -0.3 is 21.1 Å². The summed E-state index contributed by atoms with van der Waals surface area (Å²) in [6, 6.07) is 11.7. The van der Waals surface area contributed by atoms with E-state index in [-0.39, 0.29) is 11.4 Å². The number of thiocarbonyl (C=S) groups is 1. The van der Waals surface area contributed by atoms with Crippen LogP contribution in [0.5, 0.6) is 5.75 Å². The molecule has 0 radical (unpaired) electrons. The largest absolute Gasteiger partial charge is 0.494 e. The van der Waals surface area contributed by atoms with E-state index >= 15 is 0 Å². The minimum absolute atomic E-state index is 0.103. The summed E-state index contributed by atoms with van der Waals surface area (Å²) in [5.41, 5.74) is 6.74. The fourth-order valence-corrected chi connectivity index (χ4v) is 2.11. The summed E-state index contributed by atoms with van der Waals surface area (Å²) in [7, 11) is 0. The molecule has 0 saturated carbocycles. The summed E-state index contributed by atoms with van der Waals surface area (Å²) in [5, 5.41) is 17.1. The molecule has 23 heavy (non-hydrogen) atoms. The Labute approximate surface area is 138 Å². The van der Waals surface area contributed by atoms with Crippen molar-refractivity contribution < 1.29 is 9.66 Å². The van der Waals surface area contributed by atoms with Gasteiger partial charge in [-0.05, 0) is 55.5 Å². The van der Waals surface area contributed by atoms with Gasteiger partial charge in [0.25, 0.3) is 5.69 Å². The van der Waals surface area contributed by atoms with Gasteiger partial charge in [0.2, 0.25) is 0 Å². The number of ether oxygens (including phenoxy) is 1. The van der Waals surface area contributed by atoms with Crippen LogP contribution in [0.2, 0.25) is 0 Å². The molecule has 8 heteroatoms. The third kappa shape index (κ3) is 4.55. The van der Waals surface area contributed by atoms with Crippen LogP contribution in [-0.2, 0) is 0 Å². The molecule has 0 aliphatic heterocycles. The number of nitro benzene ring substituents is 1. The molecule has 0 amide bonds. The summed E-state index contributed by atoms with van der Waals surface area (Å²) >= 11 is 5.19. The molecule has 0 saturated heterocycles. The monoisotopic (exact) mass is 332 g/mol. The number of nitrogens with two attached hydrogens (primary N) is 1. The molecule has 0 aromatic heterocycles. The van der Waals surface area contributed by atoms with Crippen molar-refractivity contribution in [2.24, 2.45) is 0 Å². The quantitative estimate of drug-likeness (QED) is 0.334. The lowest BCUT2D eigenvalue weighted by molar-refractivity contribution is -0.383. The number of hydrogen-bond donors (Lipinski definition) is 3. The van der Waals surface area contributed by atoms with Crippen molar-refractivity contribution in [1.82, 2.24) is 0 Å². The number of nitrogens with one attached hydrogen (secondary N) is 2. The molecule has 2 aromatic rings. The lowest BCUT2D eigenvalue weighted by Crippen LogP contribution is -2.19. The first kappa shape index (κ1) is 16.5. The van der Waals surface area contributed by atoms with Crippen molar-refractivity contribution in [2.75, 3.05) is 23.0 Å². The Morgan fingerprint density at radius 1 is 1.22 bits per heavy atom. The Bertz CT molecular complexity index is 719. The van der Waals surface area contributed by atoms with Gasteiger partial charge in [0.05, 0.1) is 11.5 Å². The number of nitrogens with zero attached hydrogens (tertiary/aromatic N) is 1. The number of nitrogen functional groups attached to an aromatic ring is 1. The van der Waals surface area contributed by atoms with Crippen LogP contribution in [0.4, 0.5) is 22.7 Å². The zero-order valence-corrected chi connectivity index (χ0v) is 13.2. The molecule has 2 aromatic carbocycles. The van der Waals surface area contributed by atoms with Gasteiger partial charge in [-0.3, -0.25) is 10.1 Å². The standard InChI is InChI=1S/C15H16N4O3S/c1-2-22-12-6-3-10(4-7-12)17-15(23)18-11-5-8-13(16)14(9-11)19(20)21/h3-9H,2,16H2,1H3,(H2,17,18,23). The first-order chi connectivity index (χ1) is 11.0. The molecule has 0 atom stereocenters. The van der Waals surface area contributed by atoms with E-state index in [1.54, 1.807) is 6.07 Å². The second-order valence-electron chi connectivity index (χ2n) is 4.57. The van der Waals surface area contributed by atoms with Gasteiger partial charge in [-0.1, -0.05) is 0 Å². The van der Waals surface area contributed by atoms with Crippen molar-refractivity contribution in [3.05, 3.63) is 52.6 Å². The molecular formula is C15H16N4O3S. The average Bonchev–Trinajstić information content (AvgIpc) is 2.51. The molecule has 0 spiro atoms. The highest BCUT2D eigenvalue weighted by molar-refractivity contribution is 7.80. The zero-order valence-electron chi connectivity index (χ0n) is 12.4. The van der Waals surface area contributed by atoms with Gasteiger partial charge >= 0.3 is 0 Å². The van der Waals surface area contributed by atoms with E-state index in [0.717, 1.165) is 11.4 Å². The molecule has 120 valence electrons. The van der Waals surface area contributed by atoms with Gasteiger partial charge in [-0.2, -0.15) is 0 Å². The number of hydrogen-bond acceptors (Lipinski definition) is 5. The van der Waals surface area contributed by atoms with Crippen molar-refractivity contribution in [1.29, 1.82) is 0 Å². The van der Waals surface area contributed by atoms with Gasteiger partial charge in [-0.15, -0.1) is 0 Å². The Balaban J connectivity index is 2.02. The minimum Gasteiger partial charge on any atom is -0.494 e. The smallest absolute Gasteiger partial charge is 0.294 e. The third-order valence-electron chi connectivity index (χ3n) is 2.91. The highest BCUT2D eigenvalue weighted by atomic mass is 32.1. The fraction of sp³-hybridized carbons (Fsp3) is 0.133. The normalized spacial score (nSPS) is 9.96. The van der Waals surface area contributed by atoms with E-state index in [4.69, 9.17) is 22.7 Å². The maximum absolute atomic E-state index is 10.9. The van der Waals surface area contributed by atoms with E-state index in [1.165, 1.54) is 12.1 Å². The Hall–Kier alpha value is -2.87. The Morgan fingerprint density at radius 3 is 2.43 bits per heavy atom. The predicted molar refractivity (Wildman–Crippen MR) is 95.0 cm³/mol. The van der Waals surface area contributed by atoms with Crippen LogP contribution >= 0.6 is 12.2 Å². The van der Waals surface area contributed by atoms with Crippen molar-refractivity contribution in [2.45, 2.75) is 6.92 Å². The summed E-state index contributed by atoms with van der Waals surface area (Å²) < 4.78 is 5.36. The van der Waals surface area contributed by atoms with Crippen molar-refractivity contribution in [3.8, 4) is 5.75 Å². The van der Waals surface area contributed by atoms with E-state index in [9.17, 15) is 10.1 Å². The maximum Gasteiger partial charge on any atom is 0.294 e. The molecule has 0 fully saturated rings. The molecule has 0 unspecified atom stereocenters. The number of nitro groups is 1. The number of anilines is 3. The van der Waals surface area contributed by atoms with Gasteiger partial charge in [0.1, 0.15) is 11.4 Å². The molecule has 0 aliphatic carbocycles. The minimum atomic E-state index is -0.538. The van der Waals surface area contributed by atoms with Gasteiger partial charge in [0.15, 0.2) is 5.11 Å². The number of rotatable bonds is 5. The number of benzene rings is 2. The van der Waals surface area contributed by atoms with Crippen LogP contribution in [0, 0.1) is 10.1 Å². The highest BCUT2D eigenvalue weighted by Gasteiger charge is 2.12. The second kappa shape index (κ2) is 7.41. The van der Waals surface area contributed by atoms with E-state index in [1.807, 2.05) is 31.2 Å². The van der Waals surface area contributed by atoms with Crippen molar-refractivity contribution in [3.63, 3.8) is 0 Å². The topological polar surface area (TPSA) is 102 Å². The lowest BCUT2D eigenvalue weighted by atomic mass is 10.2. The summed E-state index contributed by atoms with van der Waals surface area (Å²) in [6.45, 7) is 2.51. The lowest BCUT2D eigenvalue weighted by Gasteiger charge is -2.11. The average molecular weight is 332 g/mol. The third-order valence-corrected chi connectivity index (χ3v) is 3.11. The predicted octanol–water partition coefficient (Wildman–Crippen LogP) is 3.38. The fourth-order valence-electron chi connectivity index (χ4n) is 1.87. The molecule has 0 bridgehead atoms. The highest BCUT2D eigenvalue weighted by Crippen LogP contribution is 2.25. The van der Waals surface area contributed by atoms with Crippen LogP contribution in [0.1, 0.15) is 6.92 Å². The Kier molecular flexibility index (Phi) is 5.32. The molecule has 7 nitrogen and oxygen atoms in total. The first-order valence-electron chi connectivity index (χ1n) is 6.84. The van der Waals surface area contributed by atoms with Crippen molar-refractivity contribution >= 4 is 40.1 Å². The van der Waals surface area contributed by atoms with Crippen LogP contribution in [-0.4, -0.2) is 16.6 Å². The zero-order chi connectivity index (χ0) is 16.8. The maximum atomic E-state index is 10.9. The first-order valence-corrected chi connectivity index (χ1v) is 7.25. The van der Waals surface area contributed by atoms with E-state index in [2.05, 4.69) is 10.6 Å². The summed E-state index contributed by atoms with van der Waals surface area (Å²) in [6.07, 6.45) is 0. The van der Waals surface area contributed by atoms with Crippen LogP contribution in [0.25, 0.3) is 0 Å². The molecule has 0 aliphatic rings. The molecule has 2 rings (SSSR count). The summed E-state index contributed by atoms with van der Waals surface area (Å²) in [5.74, 6) is 0.770. The summed E-state index contributed by atoms with van der Waals surface area (Å²) in [4.78, 5) is 10.3. The van der Waals surface area contributed by atoms with Crippen LogP contribution < -0.4 is 21.1 Å². The molecular weight excluding hydrogens is 316 g/mol. The van der Waals surface area contributed by atoms with Gasteiger partial charge in [0, 0.05) is 17.4 Å². The van der Waals surface area contributed by atoms with Crippen LogP contribution in [0.3, 0.4) is 0 Å². The molecule has 0 heterocycles. The van der Waals surface area contributed by atoms with E-state index in [0.29, 0.717) is 17.4 Å². The molecule has 4 N–H and O–H groups in total. The SMILES string of the molecule is CCOc1ccc(NC(=S)Nc2ccc(N)c([N+](=O)[O-])c2)cc1. The van der Waals surface area contributed by atoms with E-state index < -0.39 is 4.92 Å². The second-order valence-corrected chi connectivity index (χ2v) is 4.98. The van der Waals surface area contributed by atoms with Crippen LogP contribution in [0.15, 0.2) is 42.5 Å². The van der Waals surface area contributed by atoms with Gasteiger partial charge in [-0.25, -0.2) is 0 Å². The Morgan fingerprint density at radius 2 is 1.83 bits per heavy atom.